The Hall–Kier alpha value is -2.13. The van der Waals surface area contributed by atoms with Crippen LogP contribution >= 0.6 is 0 Å². The van der Waals surface area contributed by atoms with Gasteiger partial charge in [0.15, 0.2) is 0 Å². The molecule has 3 heteroatoms. The normalized spacial score (nSPS) is 13.4. The predicted molar refractivity (Wildman–Crippen MR) is 105 cm³/mol. The van der Waals surface area contributed by atoms with Gasteiger partial charge in [0.1, 0.15) is 0 Å². The Bertz CT molecular complexity index is 752. The molecule has 0 bridgehead atoms. The van der Waals surface area contributed by atoms with Crippen molar-refractivity contribution in [1.82, 2.24) is 10.6 Å². The lowest BCUT2D eigenvalue weighted by atomic mass is 10.00. The Morgan fingerprint density at radius 3 is 1.80 bits per heavy atom. The van der Waals surface area contributed by atoms with Crippen molar-refractivity contribution >= 4 is 5.91 Å². The second-order valence-electron chi connectivity index (χ2n) is 7.11. The van der Waals surface area contributed by atoms with E-state index >= 15 is 0 Å². The van der Waals surface area contributed by atoms with Crippen LogP contribution < -0.4 is 10.6 Å². The molecule has 134 valence electrons. The summed E-state index contributed by atoms with van der Waals surface area (Å²) in [7, 11) is 0. The third-order valence-corrected chi connectivity index (χ3v) is 4.73. The highest BCUT2D eigenvalue weighted by Crippen LogP contribution is 2.19. The third-order valence-electron chi connectivity index (χ3n) is 4.73. The molecule has 0 spiro atoms. The van der Waals surface area contributed by atoms with Crippen LogP contribution in [0.25, 0.3) is 0 Å². The van der Waals surface area contributed by atoms with E-state index in [9.17, 15) is 4.79 Å². The Balaban J connectivity index is 1.91. The predicted octanol–water partition coefficient (Wildman–Crippen LogP) is 4.45. The van der Waals surface area contributed by atoms with Gasteiger partial charge in [-0.1, -0.05) is 47.5 Å². The maximum Gasteiger partial charge on any atom is 0.234 e. The topological polar surface area (TPSA) is 41.1 Å². The zero-order valence-electron chi connectivity index (χ0n) is 16.2. The summed E-state index contributed by atoms with van der Waals surface area (Å²) in [5.41, 5.74) is 7.37. The molecule has 2 unspecified atom stereocenters. The fraction of sp³-hybridized carbons (Fsp3) is 0.409. The SMILES string of the molecule is Cc1ccc(C(C)NCC(=O)NC(C)c2ccc(C)cc2C)c(C)c1. The van der Waals surface area contributed by atoms with Crippen LogP contribution in [0.15, 0.2) is 36.4 Å². The highest BCUT2D eigenvalue weighted by Gasteiger charge is 2.14. The summed E-state index contributed by atoms with van der Waals surface area (Å²) in [5.74, 6) is 0.0177. The van der Waals surface area contributed by atoms with Crippen molar-refractivity contribution in [2.75, 3.05) is 6.54 Å². The maximum atomic E-state index is 12.3. The molecule has 0 aliphatic carbocycles. The van der Waals surface area contributed by atoms with Crippen molar-refractivity contribution in [3.05, 3.63) is 69.8 Å². The van der Waals surface area contributed by atoms with E-state index in [2.05, 4.69) is 81.7 Å². The molecule has 1 amide bonds. The molecule has 2 N–H and O–H groups in total. The summed E-state index contributed by atoms with van der Waals surface area (Å²) in [6.45, 7) is 12.8. The molecule has 0 radical (unpaired) electrons. The van der Waals surface area contributed by atoms with Gasteiger partial charge in [-0.3, -0.25) is 4.79 Å². The number of amides is 1. The van der Waals surface area contributed by atoms with E-state index in [0.717, 1.165) is 0 Å². The molecule has 25 heavy (non-hydrogen) atoms. The van der Waals surface area contributed by atoms with Gasteiger partial charge in [0.05, 0.1) is 12.6 Å². The molecule has 0 aromatic heterocycles. The van der Waals surface area contributed by atoms with Crippen LogP contribution in [-0.2, 0) is 4.79 Å². The van der Waals surface area contributed by atoms with E-state index in [1.54, 1.807) is 0 Å². The largest absolute Gasteiger partial charge is 0.348 e. The summed E-state index contributed by atoms with van der Waals surface area (Å²) in [6, 6.07) is 12.9. The lowest BCUT2D eigenvalue weighted by Gasteiger charge is -2.20. The Morgan fingerprint density at radius 1 is 0.840 bits per heavy atom. The number of benzene rings is 2. The van der Waals surface area contributed by atoms with Crippen molar-refractivity contribution in [3.63, 3.8) is 0 Å². The van der Waals surface area contributed by atoms with E-state index in [1.165, 1.54) is 33.4 Å². The van der Waals surface area contributed by atoms with Crippen LogP contribution in [0.1, 0.15) is 59.3 Å². The Labute approximate surface area is 151 Å². The number of carbonyl (C=O) groups excluding carboxylic acids is 1. The summed E-state index contributed by atoms with van der Waals surface area (Å²) < 4.78 is 0. The van der Waals surface area contributed by atoms with Crippen molar-refractivity contribution < 1.29 is 4.79 Å². The number of carbonyl (C=O) groups is 1. The Morgan fingerprint density at radius 2 is 1.32 bits per heavy atom. The molecule has 2 atom stereocenters. The number of nitrogens with one attached hydrogen (secondary N) is 2. The summed E-state index contributed by atoms with van der Waals surface area (Å²) >= 11 is 0. The smallest absolute Gasteiger partial charge is 0.234 e. The summed E-state index contributed by atoms with van der Waals surface area (Å²) in [6.07, 6.45) is 0. The molecule has 0 saturated carbocycles. The second-order valence-corrected chi connectivity index (χ2v) is 7.11. The fourth-order valence-corrected chi connectivity index (χ4v) is 3.35. The highest BCUT2D eigenvalue weighted by molar-refractivity contribution is 5.78. The minimum atomic E-state index is 0.00585. The van der Waals surface area contributed by atoms with Crippen LogP contribution in [0.5, 0.6) is 0 Å². The summed E-state index contributed by atoms with van der Waals surface area (Å²) in [4.78, 5) is 12.3. The summed E-state index contributed by atoms with van der Waals surface area (Å²) in [5, 5.41) is 6.41. The van der Waals surface area contributed by atoms with Gasteiger partial charge >= 0.3 is 0 Å². The second kappa shape index (κ2) is 8.30. The molecule has 2 aromatic carbocycles. The first kappa shape index (κ1) is 19.2. The average Bonchev–Trinajstić information content (AvgIpc) is 2.52. The van der Waals surface area contributed by atoms with Gasteiger partial charge in [0.25, 0.3) is 0 Å². The molecule has 0 saturated heterocycles. The average molecular weight is 338 g/mol. The lowest BCUT2D eigenvalue weighted by Crippen LogP contribution is -2.36. The van der Waals surface area contributed by atoms with Gasteiger partial charge in [-0.25, -0.2) is 0 Å². The van der Waals surface area contributed by atoms with Gasteiger partial charge in [0, 0.05) is 6.04 Å². The lowest BCUT2D eigenvalue weighted by molar-refractivity contribution is -0.121. The number of hydrogen-bond donors (Lipinski definition) is 2. The molecule has 0 heterocycles. The molecule has 2 aromatic rings. The minimum Gasteiger partial charge on any atom is -0.348 e. The van der Waals surface area contributed by atoms with Crippen LogP contribution in [0, 0.1) is 27.7 Å². The monoisotopic (exact) mass is 338 g/mol. The fourth-order valence-electron chi connectivity index (χ4n) is 3.35. The minimum absolute atomic E-state index is 0.00585. The number of rotatable bonds is 6. The van der Waals surface area contributed by atoms with E-state index in [-0.39, 0.29) is 18.0 Å². The van der Waals surface area contributed by atoms with Crippen LogP contribution in [0.2, 0.25) is 0 Å². The Kier molecular flexibility index (Phi) is 6.38. The molecular weight excluding hydrogens is 308 g/mol. The standard InChI is InChI=1S/C22H30N2O/c1-14-7-9-20(16(3)11-14)18(5)23-13-22(25)24-19(6)21-10-8-15(2)12-17(21)4/h7-12,18-19,23H,13H2,1-6H3,(H,24,25). The van der Waals surface area contributed by atoms with Gasteiger partial charge in [0.2, 0.25) is 5.91 Å². The quantitative estimate of drug-likeness (QED) is 0.817. The van der Waals surface area contributed by atoms with Gasteiger partial charge < -0.3 is 10.6 Å². The van der Waals surface area contributed by atoms with Gasteiger partial charge in [-0.2, -0.15) is 0 Å². The molecule has 3 nitrogen and oxygen atoms in total. The van der Waals surface area contributed by atoms with E-state index in [4.69, 9.17) is 0 Å². The third kappa shape index (κ3) is 5.17. The molecule has 0 aliphatic rings. The maximum absolute atomic E-state index is 12.3. The van der Waals surface area contributed by atoms with Crippen molar-refractivity contribution in [2.24, 2.45) is 0 Å². The van der Waals surface area contributed by atoms with Crippen molar-refractivity contribution in [1.29, 1.82) is 0 Å². The number of hydrogen-bond acceptors (Lipinski definition) is 2. The van der Waals surface area contributed by atoms with Gasteiger partial charge in [-0.15, -0.1) is 0 Å². The van der Waals surface area contributed by atoms with E-state index in [0.29, 0.717) is 6.54 Å². The van der Waals surface area contributed by atoms with E-state index < -0.39 is 0 Å². The van der Waals surface area contributed by atoms with Crippen LogP contribution in [0.4, 0.5) is 0 Å². The van der Waals surface area contributed by atoms with E-state index in [1.807, 2.05) is 6.92 Å². The molecule has 2 rings (SSSR count). The molecule has 0 fully saturated rings. The first-order chi connectivity index (χ1) is 11.8. The number of aryl methyl sites for hydroxylation is 4. The zero-order chi connectivity index (χ0) is 18.6. The van der Waals surface area contributed by atoms with Gasteiger partial charge in [-0.05, 0) is 63.8 Å². The highest BCUT2D eigenvalue weighted by atomic mass is 16.1. The van der Waals surface area contributed by atoms with Crippen molar-refractivity contribution in [3.8, 4) is 0 Å². The van der Waals surface area contributed by atoms with Crippen LogP contribution in [-0.4, -0.2) is 12.5 Å². The zero-order valence-corrected chi connectivity index (χ0v) is 16.2. The first-order valence-corrected chi connectivity index (χ1v) is 8.95. The molecular formula is C22H30N2O. The van der Waals surface area contributed by atoms with Crippen LogP contribution in [0.3, 0.4) is 0 Å². The molecule has 0 aliphatic heterocycles. The first-order valence-electron chi connectivity index (χ1n) is 8.95. The van der Waals surface area contributed by atoms with Crippen molar-refractivity contribution in [2.45, 2.75) is 53.6 Å².